The van der Waals surface area contributed by atoms with Gasteiger partial charge in [-0.05, 0) is 42.0 Å². The number of aryl methyl sites for hydroxylation is 1. The lowest BCUT2D eigenvalue weighted by Gasteiger charge is -2.34. The van der Waals surface area contributed by atoms with Crippen LogP contribution in [0.2, 0.25) is 0 Å². The lowest BCUT2D eigenvalue weighted by Crippen LogP contribution is -2.34. The van der Waals surface area contributed by atoms with Crippen molar-refractivity contribution in [2.45, 2.75) is 18.8 Å². The van der Waals surface area contributed by atoms with Crippen molar-refractivity contribution in [1.82, 2.24) is 5.32 Å². The fourth-order valence-corrected chi connectivity index (χ4v) is 3.52. The lowest BCUT2D eigenvalue weighted by molar-refractivity contribution is -0.136. The van der Waals surface area contributed by atoms with Crippen LogP contribution in [-0.2, 0) is 11.2 Å². The van der Waals surface area contributed by atoms with Crippen LogP contribution in [0, 0.1) is 5.92 Å². The number of fused-ring (bicyclic) bond motifs is 1. The van der Waals surface area contributed by atoms with Gasteiger partial charge in [0.25, 0.3) is 0 Å². The van der Waals surface area contributed by atoms with Crippen molar-refractivity contribution >= 4 is 18.4 Å². The van der Waals surface area contributed by atoms with Crippen LogP contribution < -0.4 is 5.32 Å². The van der Waals surface area contributed by atoms with Gasteiger partial charge in [0, 0.05) is 5.92 Å². The summed E-state index contributed by atoms with van der Waals surface area (Å²) in [4.78, 5) is 10.7. The minimum atomic E-state index is -0.799. The molecular weight excluding hydrogens is 310 g/mol. The Labute approximate surface area is 143 Å². The molecule has 2 aromatic rings. The molecule has 0 amide bonds. The van der Waals surface area contributed by atoms with Gasteiger partial charge in [-0.3, -0.25) is 4.79 Å². The molecule has 0 saturated heterocycles. The Morgan fingerprint density at radius 3 is 2.52 bits per heavy atom. The van der Waals surface area contributed by atoms with Crippen LogP contribution in [0.5, 0.6) is 0 Å². The van der Waals surface area contributed by atoms with Gasteiger partial charge < -0.3 is 10.4 Å². The van der Waals surface area contributed by atoms with E-state index in [1.807, 2.05) is 6.07 Å². The summed E-state index contributed by atoms with van der Waals surface area (Å²) >= 11 is 0. The van der Waals surface area contributed by atoms with Crippen molar-refractivity contribution in [3.8, 4) is 0 Å². The van der Waals surface area contributed by atoms with Crippen LogP contribution in [0.4, 0.5) is 0 Å². The first-order valence-corrected chi connectivity index (χ1v) is 7.81. The number of benzene rings is 2. The summed E-state index contributed by atoms with van der Waals surface area (Å²) in [5, 5.41) is 11.9. The summed E-state index contributed by atoms with van der Waals surface area (Å²) in [6.07, 6.45) is 2.15. The maximum absolute atomic E-state index is 10.7. The maximum Gasteiger partial charge on any atom is 0.317 e. The Balaban J connectivity index is 0.00000192. The Morgan fingerprint density at radius 1 is 1.09 bits per heavy atom. The van der Waals surface area contributed by atoms with Gasteiger partial charge in [0.2, 0.25) is 0 Å². The molecule has 3 nitrogen and oxygen atoms in total. The van der Waals surface area contributed by atoms with Crippen molar-refractivity contribution < 1.29 is 9.90 Å². The van der Waals surface area contributed by atoms with Crippen molar-refractivity contribution in [3.63, 3.8) is 0 Å². The molecule has 0 fully saturated rings. The average molecular weight is 332 g/mol. The van der Waals surface area contributed by atoms with E-state index in [1.165, 1.54) is 16.7 Å². The Bertz CT molecular complexity index is 645. The smallest absolute Gasteiger partial charge is 0.317 e. The minimum absolute atomic E-state index is 0. The van der Waals surface area contributed by atoms with Crippen LogP contribution in [-0.4, -0.2) is 24.2 Å². The average Bonchev–Trinajstić information content (AvgIpc) is 2.55. The molecule has 1 aliphatic rings. The van der Waals surface area contributed by atoms with Gasteiger partial charge in [-0.1, -0.05) is 54.6 Å². The van der Waals surface area contributed by atoms with E-state index in [1.54, 1.807) is 0 Å². The number of rotatable bonds is 5. The van der Waals surface area contributed by atoms with Gasteiger partial charge in [0.15, 0.2) is 0 Å². The largest absolute Gasteiger partial charge is 0.480 e. The first-order valence-electron chi connectivity index (χ1n) is 7.81. The van der Waals surface area contributed by atoms with E-state index in [-0.39, 0.29) is 19.0 Å². The van der Waals surface area contributed by atoms with Crippen molar-refractivity contribution in [2.75, 3.05) is 13.1 Å². The molecule has 4 heteroatoms. The number of carboxylic acids is 1. The van der Waals surface area contributed by atoms with E-state index in [2.05, 4.69) is 53.8 Å². The van der Waals surface area contributed by atoms with Crippen LogP contribution in [0.15, 0.2) is 54.6 Å². The van der Waals surface area contributed by atoms with E-state index in [0.717, 1.165) is 19.4 Å². The van der Waals surface area contributed by atoms with Gasteiger partial charge in [0.1, 0.15) is 0 Å². The maximum atomic E-state index is 10.7. The molecule has 2 atom stereocenters. The zero-order valence-electron chi connectivity index (χ0n) is 12.9. The molecule has 0 spiro atoms. The molecule has 0 aliphatic heterocycles. The number of carbonyl (C=O) groups is 1. The number of carboxylic acid groups (broad SMARTS) is 1. The monoisotopic (exact) mass is 331 g/mol. The normalized spacial score (nSPS) is 19.5. The van der Waals surface area contributed by atoms with Crippen molar-refractivity contribution in [1.29, 1.82) is 0 Å². The molecular formula is C19H22ClNO2. The fourth-order valence-electron chi connectivity index (χ4n) is 3.52. The molecule has 3 rings (SSSR count). The van der Waals surface area contributed by atoms with Crippen molar-refractivity contribution in [3.05, 3.63) is 71.3 Å². The van der Waals surface area contributed by atoms with Crippen LogP contribution in [0.25, 0.3) is 0 Å². The highest BCUT2D eigenvalue weighted by molar-refractivity contribution is 5.85. The predicted molar refractivity (Wildman–Crippen MR) is 94.3 cm³/mol. The third-order valence-electron chi connectivity index (χ3n) is 4.49. The van der Waals surface area contributed by atoms with Gasteiger partial charge >= 0.3 is 5.97 Å². The second-order valence-corrected chi connectivity index (χ2v) is 5.91. The number of hydrogen-bond donors (Lipinski definition) is 2. The third kappa shape index (κ3) is 4.12. The van der Waals surface area contributed by atoms with Gasteiger partial charge in [-0.2, -0.15) is 0 Å². The Hall–Kier alpha value is -1.84. The molecule has 0 bridgehead atoms. The molecule has 2 aromatic carbocycles. The summed E-state index contributed by atoms with van der Waals surface area (Å²) in [6, 6.07) is 19.2. The highest BCUT2D eigenvalue weighted by Gasteiger charge is 2.30. The fraction of sp³-hybridized carbons (Fsp3) is 0.316. The molecule has 1 aliphatic carbocycles. The summed E-state index contributed by atoms with van der Waals surface area (Å²) in [7, 11) is 0. The van der Waals surface area contributed by atoms with E-state index in [4.69, 9.17) is 5.11 Å². The van der Waals surface area contributed by atoms with Crippen LogP contribution in [0.3, 0.4) is 0 Å². The first kappa shape index (κ1) is 17.5. The zero-order chi connectivity index (χ0) is 15.4. The van der Waals surface area contributed by atoms with Crippen LogP contribution in [0.1, 0.15) is 29.0 Å². The van der Waals surface area contributed by atoms with E-state index < -0.39 is 5.97 Å². The molecule has 0 heterocycles. The molecule has 23 heavy (non-hydrogen) atoms. The molecule has 2 unspecified atom stereocenters. The zero-order valence-corrected chi connectivity index (χ0v) is 13.8. The van der Waals surface area contributed by atoms with Crippen molar-refractivity contribution in [2.24, 2.45) is 5.92 Å². The summed E-state index contributed by atoms with van der Waals surface area (Å²) in [5.41, 5.74) is 4.13. The van der Waals surface area contributed by atoms with Gasteiger partial charge in [-0.15, -0.1) is 12.4 Å². The number of halogens is 1. The predicted octanol–water partition coefficient (Wildman–Crippen LogP) is 3.48. The lowest BCUT2D eigenvalue weighted by atomic mass is 9.72. The topological polar surface area (TPSA) is 49.3 Å². The summed E-state index contributed by atoms with van der Waals surface area (Å²) < 4.78 is 0. The first-order chi connectivity index (χ1) is 10.8. The van der Waals surface area contributed by atoms with E-state index >= 15 is 0 Å². The Morgan fingerprint density at radius 2 is 1.78 bits per heavy atom. The quantitative estimate of drug-likeness (QED) is 0.882. The molecule has 0 saturated carbocycles. The molecule has 0 radical (unpaired) electrons. The van der Waals surface area contributed by atoms with Crippen LogP contribution >= 0.6 is 12.4 Å². The summed E-state index contributed by atoms with van der Waals surface area (Å²) in [5.74, 6) is -0.0310. The number of aliphatic carboxylic acids is 1. The summed E-state index contributed by atoms with van der Waals surface area (Å²) in [6.45, 7) is 0.764. The molecule has 2 N–H and O–H groups in total. The molecule has 122 valence electrons. The highest BCUT2D eigenvalue weighted by Crippen LogP contribution is 2.40. The number of hydrogen-bond acceptors (Lipinski definition) is 2. The third-order valence-corrected chi connectivity index (χ3v) is 4.49. The SMILES string of the molecule is Cl.O=C(O)CNCC1CCc2ccccc2C1c1ccccc1. The molecule has 0 aromatic heterocycles. The van der Waals surface area contributed by atoms with E-state index in [9.17, 15) is 4.79 Å². The number of nitrogens with one attached hydrogen (secondary N) is 1. The second-order valence-electron chi connectivity index (χ2n) is 5.91. The minimum Gasteiger partial charge on any atom is -0.480 e. The van der Waals surface area contributed by atoms with E-state index in [0.29, 0.717) is 11.8 Å². The van der Waals surface area contributed by atoms with Gasteiger partial charge in [0.05, 0.1) is 6.54 Å². The second kappa shape index (κ2) is 8.14. The van der Waals surface area contributed by atoms with Gasteiger partial charge in [-0.25, -0.2) is 0 Å². The standard InChI is InChI=1S/C19H21NO2.ClH/c21-18(22)13-20-12-16-11-10-14-6-4-5-9-17(14)19(16)15-7-2-1-3-8-15;/h1-9,16,19-20H,10-13H2,(H,21,22);1H. The highest BCUT2D eigenvalue weighted by atomic mass is 35.5. The Kier molecular flexibility index (Phi) is 6.20.